The lowest BCUT2D eigenvalue weighted by Gasteiger charge is -2.31. The number of aromatic nitrogens is 2. The van der Waals surface area contributed by atoms with Gasteiger partial charge < -0.3 is 9.84 Å². The van der Waals surface area contributed by atoms with Crippen LogP contribution in [0.5, 0.6) is 0 Å². The van der Waals surface area contributed by atoms with Gasteiger partial charge >= 0.3 is 0 Å². The highest BCUT2D eigenvalue weighted by molar-refractivity contribution is 6.31. The predicted molar refractivity (Wildman–Crippen MR) is 84.4 cm³/mol. The molecule has 0 saturated heterocycles. The molecule has 1 unspecified atom stereocenters. The van der Waals surface area contributed by atoms with Gasteiger partial charge in [-0.3, -0.25) is 4.68 Å². The molecule has 120 valence electrons. The molecule has 1 fully saturated rings. The Labute approximate surface area is 132 Å². The van der Waals surface area contributed by atoms with E-state index >= 15 is 0 Å². The minimum atomic E-state index is -0.514. The number of methoxy groups -OCH3 is 1. The van der Waals surface area contributed by atoms with Crippen LogP contribution in [0.3, 0.4) is 0 Å². The summed E-state index contributed by atoms with van der Waals surface area (Å²) in [7, 11) is 1.66. The Hall–Kier alpha value is -0.580. The van der Waals surface area contributed by atoms with E-state index in [0.717, 1.165) is 24.5 Å². The molecule has 0 aromatic carbocycles. The van der Waals surface area contributed by atoms with Gasteiger partial charge in [0.15, 0.2) is 0 Å². The second-order valence-corrected chi connectivity index (χ2v) is 6.52. The fourth-order valence-corrected chi connectivity index (χ4v) is 3.70. The SMILES string of the molecule is CCCC1CCC(C(O)c2c(Cl)cnn2CCOC)CC1. The number of hydrogen-bond donors (Lipinski definition) is 1. The Morgan fingerprint density at radius 2 is 2.14 bits per heavy atom. The molecule has 0 radical (unpaired) electrons. The zero-order valence-electron chi connectivity index (χ0n) is 13.1. The van der Waals surface area contributed by atoms with E-state index in [4.69, 9.17) is 16.3 Å². The highest BCUT2D eigenvalue weighted by Crippen LogP contribution is 2.39. The number of ether oxygens (including phenoxy) is 1. The van der Waals surface area contributed by atoms with Crippen LogP contribution in [0.15, 0.2) is 6.20 Å². The third kappa shape index (κ3) is 4.21. The van der Waals surface area contributed by atoms with Crippen molar-refractivity contribution in [2.24, 2.45) is 11.8 Å². The summed E-state index contributed by atoms with van der Waals surface area (Å²) in [5.41, 5.74) is 0.757. The van der Waals surface area contributed by atoms with E-state index in [1.54, 1.807) is 18.0 Å². The number of halogens is 1. The van der Waals surface area contributed by atoms with Gasteiger partial charge in [-0.1, -0.05) is 44.2 Å². The van der Waals surface area contributed by atoms with Crippen LogP contribution in [0.1, 0.15) is 57.2 Å². The molecule has 1 N–H and O–H groups in total. The number of aliphatic hydroxyl groups excluding tert-OH is 1. The molecule has 5 heteroatoms. The van der Waals surface area contributed by atoms with Crippen molar-refractivity contribution in [1.82, 2.24) is 9.78 Å². The van der Waals surface area contributed by atoms with Gasteiger partial charge in [-0.2, -0.15) is 5.10 Å². The van der Waals surface area contributed by atoms with Crippen molar-refractivity contribution in [3.8, 4) is 0 Å². The van der Waals surface area contributed by atoms with E-state index in [0.29, 0.717) is 24.1 Å². The molecule has 1 aliphatic carbocycles. The second-order valence-electron chi connectivity index (χ2n) is 6.11. The number of nitrogens with zero attached hydrogens (tertiary/aromatic N) is 2. The summed E-state index contributed by atoms with van der Waals surface area (Å²) in [6.45, 7) is 3.44. The van der Waals surface area contributed by atoms with Crippen LogP contribution in [0.4, 0.5) is 0 Å². The van der Waals surface area contributed by atoms with Gasteiger partial charge in [0.2, 0.25) is 0 Å². The largest absolute Gasteiger partial charge is 0.386 e. The Bertz CT molecular complexity index is 428. The Kier molecular flexibility index (Phi) is 6.52. The van der Waals surface area contributed by atoms with E-state index in [2.05, 4.69) is 12.0 Å². The second kappa shape index (κ2) is 8.16. The van der Waals surface area contributed by atoms with Crippen LogP contribution in [-0.2, 0) is 11.3 Å². The van der Waals surface area contributed by atoms with Crippen molar-refractivity contribution in [2.45, 2.75) is 58.1 Å². The molecule has 21 heavy (non-hydrogen) atoms. The van der Waals surface area contributed by atoms with Gasteiger partial charge in [0.05, 0.1) is 36.2 Å². The lowest BCUT2D eigenvalue weighted by atomic mass is 9.77. The van der Waals surface area contributed by atoms with Crippen molar-refractivity contribution in [3.05, 3.63) is 16.9 Å². The lowest BCUT2D eigenvalue weighted by molar-refractivity contribution is 0.0634. The average molecular weight is 315 g/mol. The van der Waals surface area contributed by atoms with E-state index in [1.807, 2.05) is 0 Å². The van der Waals surface area contributed by atoms with Gasteiger partial charge in [-0.15, -0.1) is 0 Å². The first kappa shape index (κ1) is 16.8. The summed E-state index contributed by atoms with van der Waals surface area (Å²) in [6.07, 6.45) is 8.29. The number of aliphatic hydroxyl groups is 1. The van der Waals surface area contributed by atoms with Gasteiger partial charge in [0, 0.05) is 7.11 Å². The summed E-state index contributed by atoms with van der Waals surface area (Å²) in [5.74, 6) is 1.14. The maximum Gasteiger partial charge on any atom is 0.0999 e. The molecular weight excluding hydrogens is 288 g/mol. The number of rotatable bonds is 7. The molecule has 0 bridgehead atoms. The fraction of sp³-hybridized carbons (Fsp3) is 0.812. The number of hydrogen-bond acceptors (Lipinski definition) is 3. The molecular formula is C16H27ClN2O2. The molecule has 0 aliphatic heterocycles. The molecule has 0 amide bonds. The molecule has 1 heterocycles. The first-order chi connectivity index (χ1) is 10.2. The highest BCUT2D eigenvalue weighted by Gasteiger charge is 2.30. The molecule has 1 aromatic heterocycles. The quantitative estimate of drug-likeness (QED) is 0.832. The molecule has 0 spiro atoms. The first-order valence-corrected chi connectivity index (χ1v) is 8.43. The maximum absolute atomic E-state index is 10.7. The van der Waals surface area contributed by atoms with Crippen molar-refractivity contribution in [2.75, 3.05) is 13.7 Å². The molecule has 2 rings (SSSR count). The minimum Gasteiger partial charge on any atom is -0.386 e. The summed E-state index contributed by atoms with van der Waals surface area (Å²) in [6, 6.07) is 0. The summed E-state index contributed by atoms with van der Waals surface area (Å²) >= 11 is 6.23. The highest BCUT2D eigenvalue weighted by atomic mass is 35.5. The van der Waals surface area contributed by atoms with Gasteiger partial charge in [-0.05, 0) is 24.7 Å². The van der Waals surface area contributed by atoms with Crippen LogP contribution in [0.2, 0.25) is 5.02 Å². The molecule has 4 nitrogen and oxygen atoms in total. The van der Waals surface area contributed by atoms with Crippen molar-refractivity contribution in [3.63, 3.8) is 0 Å². The Morgan fingerprint density at radius 3 is 2.76 bits per heavy atom. The van der Waals surface area contributed by atoms with E-state index < -0.39 is 6.10 Å². The minimum absolute atomic E-state index is 0.300. The van der Waals surface area contributed by atoms with Crippen molar-refractivity contribution >= 4 is 11.6 Å². The Morgan fingerprint density at radius 1 is 1.43 bits per heavy atom. The molecule has 1 saturated carbocycles. The van der Waals surface area contributed by atoms with Crippen LogP contribution < -0.4 is 0 Å². The normalized spacial score (nSPS) is 24.2. The topological polar surface area (TPSA) is 47.3 Å². The smallest absolute Gasteiger partial charge is 0.0999 e. The predicted octanol–water partition coefficient (Wildman–Crippen LogP) is 3.82. The fourth-order valence-electron chi connectivity index (χ4n) is 3.45. The van der Waals surface area contributed by atoms with E-state index in [-0.39, 0.29) is 0 Å². The zero-order valence-corrected chi connectivity index (χ0v) is 13.9. The standard InChI is InChI=1S/C16H27ClN2O2/c1-3-4-12-5-7-13(8-6-12)16(20)15-14(17)11-18-19(15)9-10-21-2/h11-13,16,20H,3-10H2,1-2H3. The summed E-state index contributed by atoms with van der Waals surface area (Å²) in [5, 5.41) is 15.5. The lowest BCUT2D eigenvalue weighted by Crippen LogP contribution is -2.23. The van der Waals surface area contributed by atoms with E-state index in [9.17, 15) is 5.11 Å². The maximum atomic E-state index is 10.7. The van der Waals surface area contributed by atoms with Crippen LogP contribution in [0.25, 0.3) is 0 Å². The van der Waals surface area contributed by atoms with E-state index in [1.165, 1.54) is 25.7 Å². The van der Waals surface area contributed by atoms with Crippen LogP contribution in [-0.4, -0.2) is 28.6 Å². The molecule has 1 aromatic rings. The summed E-state index contributed by atoms with van der Waals surface area (Å²) in [4.78, 5) is 0. The summed E-state index contributed by atoms with van der Waals surface area (Å²) < 4.78 is 6.88. The van der Waals surface area contributed by atoms with Gasteiger partial charge in [0.1, 0.15) is 0 Å². The van der Waals surface area contributed by atoms with Gasteiger partial charge in [-0.25, -0.2) is 0 Å². The van der Waals surface area contributed by atoms with Crippen LogP contribution in [0, 0.1) is 11.8 Å². The average Bonchev–Trinajstić information content (AvgIpc) is 2.86. The van der Waals surface area contributed by atoms with Crippen molar-refractivity contribution < 1.29 is 9.84 Å². The van der Waals surface area contributed by atoms with Gasteiger partial charge in [0.25, 0.3) is 0 Å². The molecule has 1 aliphatic rings. The zero-order chi connectivity index (χ0) is 15.2. The monoisotopic (exact) mass is 314 g/mol. The van der Waals surface area contributed by atoms with Crippen LogP contribution >= 0.6 is 11.6 Å². The van der Waals surface area contributed by atoms with Crippen molar-refractivity contribution in [1.29, 1.82) is 0 Å². The molecule has 1 atom stereocenters. The first-order valence-electron chi connectivity index (χ1n) is 8.05. The third-order valence-electron chi connectivity index (χ3n) is 4.66. The third-order valence-corrected chi connectivity index (χ3v) is 4.95. The Balaban J connectivity index is 2.00.